The van der Waals surface area contributed by atoms with Gasteiger partial charge in [-0.1, -0.05) is 30.3 Å². The summed E-state index contributed by atoms with van der Waals surface area (Å²) in [5.41, 5.74) is 0.698. The molecule has 9 heteroatoms. The number of hydrogen-bond acceptors (Lipinski definition) is 5. The van der Waals surface area contributed by atoms with Crippen molar-refractivity contribution < 1.29 is 18.3 Å². The molecule has 2 aromatic carbocycles. The average molecular weight is 431 g/mol. The lowest BCUT2D eigenvalue weighted by atomic mass is 10.2. The van der Waals surface area contributed by atoms with Gasteiger partial charge in [0.25, 0.3) is 5.56 Å². The van der Waals surface area contributed by atoms with E-state index in [0.29, 0.717) is 34.7 Å². The summed E-state index contributed by atoms with van der Waals surface area (Å²) in [6.45, 7) is -2.29. The zero-order valence-electron chi connectivity index (χ0n) is 15.9. The van der Waals surface area contributed by atoms with E-state index >= 15 is 0 Å². The minimum atomic E-state index is -2.93. The molecular formula is C21H19F2N3O3S. The summed E-state index contributed by atoms with van der Waals surface area (Å²) >= 11 is 1.24. The fourth-order valence-corrected chi connectivity index (χ4v) is 4.52. The summed E-state index contributed by atoms with van der Waals surface area (Å²) in [4.78, 5) is 30.3. The van der Waals surface area contributed by atoms with Gasteiger partial charge in [0, 0.05) is 6.54 Å². The molecule has 156 valence electrons. The molecule has 1 unspecified atom stereocenters. The standard InChI is InChI=1S/C21H19F2N3O3S/c22-20(23)29-14-10-8-13(9-11-14)26-19(28)15-5-1-2-6-16(15)25-21(26)30-17-7-3-4-12-24-18(17)27/h1-2,5-6,8-11,17,20H,3-4,7,12H2,(H,24,27). The summed E-state index contributed by atoms with van der Waals surface area (Å²) in [6, 6.07) is 12.8. The number of alkyl halides is 2. The van der Waals surface area contributed by atoms with Crippen molar-refractivity contribution in [3.05, 3.63) is 58.9 Å². The molecule has 0 bridgehead atoms. The van der Waals surface area contributed by atoms with Crippen LogP contribution < -0.4 is 15.6 Å². The van der Waals surface area contributed by atoms with Crippen molar-refractivity contribution >= 4 is 28.6 Å². The van der Waals surface area contributed by atoms with Crippen molar-refractivity contribution in [3.8, 4) is 11.4 Å². The summed E-state index contributed by atoms with van der Waals surface area (Å²) in [5, 5.41) is 3.33. The Balaban J connectivity index is 1.80. The summed E-state index contributed by atoms with van der Waals surface area (Å²) < 4.78 is 30.7. The first-order valence-corrected chi connectivity index (χ1v) is 10.4. The van der Waals surface area contributed by atoms with E-state index in [1.54, 1.807) is 24.3 Å². The van der Waals surface area contributed by atoms with Crippen molar-refractivity contribution in [1.82, 2.24) is 14.9 Å². The third kappa shape index (κ3) is 4.30. The number of hydrogen-bond donors (Lipinski definition) is 1. The van der Waals surface area contributed by atoms with Crippen LogP contribution in [0.2, 0.25) is 0 Å². The lowest BCUT2D eigenvalue weighted by Gasteiger charge is -2.17. The number of para-hydroxylation sites is 1. The molecule has 30 heavy (non-hydrogen) atoms. The second kappa shape index (κ2) is 8.83. The van der Waals surface area contributed by atoms with E-state index in [9.17, 15) is 18.4 Å². The van der Waals surface area contributed by atoms with Crippen LogP contribution in [0.25, 0.3) is 16.6 Å². The third-order valence-electron chi connectivity index (χ3n) is 4.80. The first-order chi connectivity index (χ1) is 14.5. The number of rotatable bonds is 5. The van der Waals surface area contributed by atoms with Crippen LogP contribution in [0.5, 0.6) is 5.75 Å². The zero-order valence-corrected chi connectivity index (χ0v) is 16.7. The van der Waals surface area contributed by atoms with E-state index in [-0.39, 0.29) is 22.5 Å². The quantitative estimate of drug-likeness (QED) is 0.623. The van der Waals surface area contributed by atoms with E-state index in [4.69, 9.17) is 0 Å². The van der Waals surface area contributed by atoms with Gasteiger partial charge in [0.15, 0.2) is 5.16 Å². The molecule has 1 saturated heterocycles. The Morgan fingerprint density at radius 2 is 1.87 bits per heavy atom. The first kappa shape index (κ1) is 20.3. The van der Waals surface area contributed by atoms with Crippen LogP contribution >= 0.6 is 11.8 Å². The van der Waals surface area contributed by atoms with Crippen molar-refractivity contribution in [3.63, 3.8) is 0 Å². The maximum atomic E-state index is 13.3. The fraction of sp³-hybridized carbons (Fsp3) is 0.286. The minimum Gasteiger partial charge on any atom is -0.435 e. The molecule has 2 heterocycles. The Morgan fingerprint density at radius 1 is 1.10 bits per heavy atom. The van der Waals surface area contributed by atoms with E-state index in [1.807, 2.05) is 0 Å². The molecule has 4 rings (SSSR count). The van der Waals surface area contributed by atoms with E-state index in [2.05, 4.69) is 15.0 Å². The predicted octanol–water partition coefficient (Wildman–Crippen LogP) is 3.75. The number of benzene rings is 2. The lowest BCUT2D eigenvalue weighted by molar-refractivity contribution is -0.120. The number of amides is 1. The van der Waals surface area contributed by atoms with Gasteiger partial charge in [-0.3, -0.25) is 14.2 Å². The second-order valence-corrected chi connectivity index (χ2v) is 7.99. The maximum absolute atomic E-state index is 13.3. The van der Waals surface area contributed by atoms with Crippen LogP contribution in [-0.2, 0) is 4.79 Å². The van der Waals surface area contributed by atoms with Crippen molar-refractivity contribution in [1.29, 1.82) is 0 Å². The smallest absolute Gasteiger partial charge is 0.387 e. The lowest BCUT2D eigenvalue weighted by Crippen LogP contribution is -2.31. The number of nitrogens with one attached hydrogen (secondary N) is 1. The average Bonchev–Trinajstić information content (AvgIpc) is 2.93. The van der Waals surface area contributed by atoms with E-state index in [0.717, 1.165) is 12.8 Å². The third-order valence-corrected chi connectivity index (χ3v) is 6.02. The Kier molecular flexibility index (Phi) is 5.98. The number of halogens is 2. The predicted molar refractivity (Wildman–Crippen MR) is 110 cm³/mol. The number of ether oxygens (including phenoxy) is 1. The zero-order chi connectivity index (χ0) is 21.1. The van der Waals surface area contributed by atoms with E-state index in [1.165, 1.54) is 40.6 Å². The first-order valence-electron chi connectivity index (χ1n) is 9.54. The molecule has 1 amide bonds. The Hall–Kier alpha value is -2.94. The normalized spacial score (nSPS) is 17.0. The van der Waals surface area contributed by atoms with Crippen LogP contribution in [0.3, 0.4) is 0 Å². The molecule has 0 aliphatic carbocycles. The van der Waals surface area contributed by atoms with E-state index < -0.39 is 6.61 Å². The molecule has 1 aromatic heterocycles. The Labute approximate surface area is 175 Å². The highest BCUT2D eigenvalue weighted by Crippen LogP contribution is 2.29. The highest BCUT2D eigenvalue weighted by molar-refractivity contribution is 8.00. The van der Waals surface area contributed by atoms with Crippen LogP contribution in [0.1, 0.15) is 19.3 Å². The fourth-order valence-electron chi connectivity index (χ4n) is 3.35. The van der Waals surface area contributed by atoms with Gasteiger partial charge in [0.2, 0.25) is 5.91 Å². The van der Waals surface area contributed by atoms with Crippen molar-refractivity contribution in [2.45, 2.75) is 36.3 Å². The highest BCUT2D eigenvalue weighted by Gasteiger charge is 2.25. The summed E-state index contributed by atoms with van der Waals surface area (Å²) in [5.74, 6) is -0.0833. The molecular weight excluding hydrogens is 412 g/mol. The summed E-state index contributed by atoms with van der Waals surface area (Å²) in [7, 11) is 0. The largest absolute Gasteiger partial charge is 0.435 e. The Morgan fingerprint density at radius 3 is 2.63 bits per heavy atom. The second-order valence-electron chi connectivity index (χ2n) is 6.82. The number of carbonyl (C=O) groups is 1. The molecule has 1 N–H and O–H groups in total. The number of nitrogens with zero attached hydrogens (tertiary/aromatic N) is 2. The highest BCUT2D eigenvalue weighted by atomic mass is 32.2. The summed E-state index contributed by atoms with van der Waals surface area (Å²) in [6.07, 6.45) is 2.49. The van der Waals surface area contributed by atoms with Gasteiger partial charge in [-0.2, -0.15) is 8.78 Å². The topological polar surface area (TPSA) is 73.2 Å². The maximum Gasteiger partial charge on any atom is 0.387 e. The minimum absolute atomic E-state index is 0.00658. The number of aromatic nitrogens is 2. The van der Waals surface area contributed by atoms with Gasteiger partial charge >= 0.3 is 6.61 Å². The molecule has 1 aliphatic heterocycles. The van der Waals surface area contributed by atoms with Crippen molar-refractivity contribution in [2.24, 2.45) is 0 Å². The molecule has 1 atom stereocenters. The molecule has 1 aliphatic rings. The van der Waals surface area contributed by atoms with Gasteiger partial charge in [-0.05, 0) is 49.2 Å². The van der Waals surface area contributed by atoms with Crippen LogP contribution in [0.15, 0.2) is 58.5 Å². The van der Waals surface area contributed by atoms with Crippen LogP contribution in [0, 0.1) is 0 Å². The number of fused-ring (bicyclic) bond motifs is 1. The number of carbonyl (C=O) groups excluding carboxylic acids is 1. The van der Waals surface area contributed by atoms with Crippen LogP contribution in [-0.4, -0.2) is 33.9 Å². The number of thioether (sulfide) groups is 1. The van der Waals surface area contributed by atoms with Gasteiger partial charge in [-0.25, -0.2) is 4.98 Å². The molecule has 1 fully saturated rings. The van der Waals surface area contributed by atoms with Crippen LogP contribution in [0.4, 0.5) is 8.78 Å². The molecule has 3 aromatic rings. The molecule has 0 radical (unpaired) electrons. The van der Waals surface area contributed by atoms with Gasteiger partial charge in [0.1, 0.15) is 5.75 Å². The molecule has 6 nitrogen and oxygen atoms in total. The SMILES string of the molecule is O=C1NCCCCC1Sc1nc2ccccc2c(=O)n1-c1ccc(OC(F)F)cc1. The Bertz CT molecular complexity index is 1120. The van der Waals surface area contributed by atoms with Gasteiger partial charge < -0.3 is 10.1 Å². The molecule has 0 spiro atoms. The van der Waals surface area contributed by atoms with Gasteiger partial charge in [0.05, 0.1) is 21.8 Å². The van der Waals surface area contributed by atoms with Crippen molar-refractivity contribution in [2.75, 3.05) is 6.54 Å². The monoisotopic (exact) mass is 431 g/mol. The van der Waals surface area contributed by atoms with Gasteiger partial charge in [-0.15, -0.1) is 0 Å². The molecule has 0 saturated carbocycles.